The minimum atomic E-state index is 0.264. The second-order valence-corrected chi connectivity index (χ2v) is 5.26. The largest absolute Gasteiger partial charge is 0.272 e. The molecule has 0 N–H and O–H groups in total. The van der Waals surface area contributed by atoms with Crippen LogP contribution in [0.4, 0.5) is 0 Å². The van der Waals surface area contributed by atoms with E-state index in [2.05, 4.69) is 17.2 Å². The average molecular weight is 283 g/mol. The Hall–Kier alpha value is -0.990. The van der Waals surface area contributed by atoms with Crippen molar-refractivity contribution < 1.29 is 0 Å². The zero-order chi connectivity index (χ0) is 13.1. The first-order valence-electron chi connectivity index (χ1n) is 5.91. The van der Waals surface area contributed by atoms with Gasteiger partial charge >= 0.3 is 0 Å². The van der Waals surface area contributed by atoms with Crippen LogP contribution >= 0.6 is 23.2 Å². The molecule has 1 atom stereocenters. The van der Waals surface area contributed by atoms with Crippen LogP contribution in [0.3, 0.4) is 0 Å². The second kappa shape index (κ2) is 5.77. The highest BCUT2D eigenvalue weighted by molar-refractivity contribution is 6.30. The van der Waals surface area contributed by atoms with Gasteiger partial charge in [0.15, 0.2) is 0 Å². The van der Waals surface area contributed by atoms with Crippen LogP contribution < -0.4 is 0 Å². The molecule has 0 aliphatic rings. The van der Waals surface area contributed by atoms with Crippen molar-refractivity contribution in [2.24, 2.45) is 7.05 Å². The Morgan fingerprint density at radius 2 is 2.11 bits per heavy atom. The summed E-state index contributed by atoms with van der Waals surface area (Å²) >= 11 is 12.1. The van der Waals surface area contributed by atoms with Crippen LogP contribution in [0.5, 0.6) is 0 Å². The van der Waals surface area contributed by atoms with E-state index < -0.39 is 0 Å². The Morgan fingerprint density at radius 1 is 1.33 bits per heavy atom. The standard InChI is InChI=1S/C14H16Cl2N2/c1-10-6-14(18(2)17-10)8-12(9-15)11-4-3-5-13(16)7-11/h3-7,12H,8-9H2,1-2H3. The highest BCUT2D eigenvalue weighted by Gasteiger charge is 2.14. The lowest BCUT2D eigenvalue weighted by Crippen LogP contribution is -2.08. The Bertz CT molecular complexity index is 534. The monoisotopic (exact) mass is 282 g/mol. The number of nitrogens with zero attached hydrogens (tertiary/aromatic N) is 2. The summed E-state index contributed by atoms with van der Waals surface area (Å²) < 4.78 is 1.92. The van der Waals surface area contributed by atoms with Crippen molar-refractivity contribution in [3.05, 3.63) is 52.3 Å². The molecule has 0 saturated heterocycles. The van der Waals surface area contributed by atoms with Gasteiger partial charge in [-0.15, -0.1) is 11.6 Å². The van der Waals surface area contributed by atoms with Gasteiger partial charge in [-0.1, -0.05) is 23.7 Å². The lowest BCUT2D eigenvalue weighted by Gasteiger charge is -2.14. The Balaban J connectivity index is 2.22. The molecule has 2 rings (SSSR count). The molecule has 1 aromatic heterocycles. The summed E-state index contributed by atoms with van der Waals surface area (Å²) in [5.74, 6) is 0.838. The third kappa shape index (κ3) is 3.06. The highest BCUT2D eigenvalue weighted by atomic mass is 35.5. The van der Waals surface area contributed by atoms with Crippen LogP contribution in [0.25, 0.3) is 0 Å². The van der Waals surface area contributed by atoms with E-state index in [4.69, 9.17) is 23.2 Å². The molecule has 1 aromatic carbocycles. The van der Waals surface area contributed by atoms with Gasteiger partial charge in [0.25, 0.3) is 0 Å². The number of rotatable bonds is 4. The zero-order valence-electron chi connectivity index (χ0n) is 10.5. The van der Waals surface area contributed by atoms with E-state index in [1.165, 1.54) is 11.3 Å². The predicted octanol–water partition coefficient (Wildman–Crippen LogP) is 3.95. The molecule has 0 amide bonds. The Morgan fingerprint density at radius 3 is 2.67 bits per heavy atom. The first-order chi connectivity index (χ1) is 8.60. The summed E-state index contributed by atoms with van der Waals surface area (Å²) in [6.07, 6.45) is 0.876. The van der Waals surface area contributed by atoms with E-state index in [9.17, 15) is 0 Å². The van der Waals surface area contributed by atoms with E-state index in [1.54, 1.807) is 0 Å². The molecule has 1 unspecified atom stereocenters. The Labute approximate surface area is 118 Å². The zero-order valence-corrected chi connectivity index (χ0v) is 12.0. The molecule has 2 nitrogen and oxygen atoms in total. The summed E-state index contributed by atoms with van der Waals surface area (Å²) in [6.45, 7) is 2.00. The van der Waals surface area contributed by atoms with Crippen molar-refractivity contribution in [3.63, 3.8) is 0 Å². The van der Waals surface area contributed by atoms with Gasteiger partial charge in [0, 0.05) is 29.6 Å². The molecule has 0 spiro atoms. The van der Waals surface area contributed by atoms with E-state index in [-0.39, 0.29) is 5.92 Å². The molecule has 0 aliphatic carbocycles. The van der Waals surface area contributed by atoms with Gasteiger partial charge in [-0.25, -0.2) is 0 Å². The van der Waals surface area contributed by atoms with E-state index in [1.807, 2.05) is 36.9 Å². The number of hydrogen-bond acceptors (Lipinski definition) is 1. The molecule has 0 saturated carbocycles. The number of hydrogen-bond donors (Lipinski definition) is 0. The van der Waals surface area contributed by atoms with E-state index >= 15 is 0 Å². The molecule has 0 fully saturated rings. The molecular formula is C14H16Cl2N2. The lowest BCUT2D eigenvalue weighted by molar-refractivity contribution is 0.657. The van der Waals surface area contributed by atoms with Crippen LogP contribution in [0.2, 0.25) is 5.02 Å². The number of alkyl halides is 1. The molecule has 18 heavy (non-hydrogen) atoms. The van der Waals surface area contributed by atoms with Gasteiger partial charge in [-0.2, -0.15) is 5.10 Å². The van der Waals surface area contributed by atoms with Gasteiger partial charge in [0.05, 0.1) is 5.69 Å². The van der Waals surface area contributed by atoms with Crippen molar-refractivity contribution >= 4 is 23.2 Å². The normalized spacial score (nSPS) is 12.7. The van der Waals surface area contributed by atoms with Gasteiger partial charge in [0.2, 0.25) is 0 Å². The number of aromatic nitrogens is 2. The van der Waals surface area contributed by atoms with Gasteiger partial charge in [0.1, 0.15) is 0 Å². The number of benzene rings is 1. The van der Waals surface area contributed by atoms with Crippen molar-refractivity contribution in [2.75, 3.05) is 5.88 Å². The van der Waals surface area contributed by atoms with Gasteiger partial charge in [-0.05, 0) is 37.1 Å². The van der Waals surface area contributed by atoms with Crippen LogP contribution in [-0.2, 0) is 13.5 Å². The van der Waals surface area contributed by atoms with E-state index in [0.29, 0.717) is 5.88 Å². The van der Waals surface area contributed by atoms with Crippen LogP contribution in [-0.4, -0.2) is 15.7 Å². The first kappa shape index (κ1) is 13.4. The fourth-order valence-corrected chi connectivity index (χ4v) is 2.62. The summed E-state index contributed by atoms with van der Waals surface area (Å²) in [5, 5.41) is 5.11. The average Bonchev–Trinajstić information content (AvgIpc) is 2.64. The second-order valence-electron chi connectivity index (χ2n) is 4.51. The highest BCUT2D eigenvalue weighted by Crippen LogP contribution is 2.24. The Kier molecular flexibility index (Phi) is 4.31. The van der Waals surface area contributed by atoms with Crippen molar-refractivity contribution in [2.45, 2.75) is 19.3 Å². The predicted molar refractivity (Wildman–Crippen MR) is 76.6 cm³/mol. The molecule has 96 valence electrons. The lowest BCUT2D eigenvalue weighted by atomic mass is 9.96. The first-order valence-corrected chi connectivity index (χ1v) is 6.82. The third-order valence-corrected chi connectivity index (χ3v) is 3.67. The topological polar surface area (TPSA) is 17.8 Å². The quantitative estimate of drug-likeness (QED) is 0.777. The van der Waals surface area contributed by atoms with Gasteiger partial charge in [-0.3, -0.25) is 4.68 Å². The molecular weight excluding hydrogens is 267 g/mol. The van der Waals surface area contributed by atoms with Gasteiger partial charge < -0.3 is 0 Å². The SMILES string of the molecule is Cc1cc(CC(CCl)c2cccc(Cl)c2)n(C)n1. The minimum Gasteiger partial charge on any atom is -0.272 e. The van der Waals surface area contributed by atoms with E-state index in [0.717, 1.165) is 17.1 Å². The summed E-state index contributed by atoms with van der Waals surface area (Å²) in [5.41, 5.74) is 3.40. The fourth-order valence-electron chi connectivity index (χ4n) is 2.13. The molecule has 0 bridgehead atoms. The summed E-state index contributed by atoms with van der Waals surface area (Å²) in [6, 6.07) is 10.0. The summed E-state index contributed by atoms with van der Waals surface area (Å²) in [4.78, 5) is 0. The molecule has 0 aliphatic heterocycles. The van der Waals surface area contributed by atoms with Crippen molar-refractivity contribution in [1.82, 2.24) is 9.78 Å². The van der Waals surface area contributed by atoms with Crippen LogP contribution in [0.1, 0.15) is 22.9 Å². The minimum absolute atomic E-state index is 0.264. The van der Waals surface area contributed by atoms with Crippen LogP contribution in [0.15, 0.2) is 30.3 Å². The van der Waals surface area contributed by atoms with Crippen molar-refractivity contribution in [3.8, 4) is 0 Å². The third-order valence-electron chi connectivity index (χ3n) is 3.06. The van der Waals surface area contributed by atoms with Crippen molar-refractivity contribution in [1.29, 1.82) is 0 Å². The fraction of sp³-hybridized carbons (Fsp3) is 0.357. The smallest absolute Gasteiger partial charge is 0.0596 e. The summed E-state index contributed by atoms with van der Waals surface area (Å²) in [7, 11) is 1.96. The molecule has 2 aromatic rings. The van der Waals surface area contributed by atoms with Crippen LogP contribution in [0, 0.1) is 6.92 Å². The number of aryl methyl sites for hydroxylation is 2. The molecule has 1 heterocycles. The maximum absolute atomic E-state index is 6.09. The number of halogens is 2. The maximum atomic E-state index is 6.09. The molecule has 4 heteroatoms. The molecule has 0 radical (unpaired) electrons. The maximum Gasteiger partial charge on any atom is 0.0596 e.